The van der Waals surface area contributed by atoms with Gasteiger partial charge in [0.25, 0.3) is 0 Å². The fourth-order valence-electron chi connectivity index (χ4n) is 2.27. The van der Waals surface area contributed by atoms with Crippen LogP contribution in [0.25, 0.3) is 0 Å². The van der Waals surface area contributed by atoms with Crippen LogP contribution in [0, 0.1) is 11.3 Å². The first-order chi connectivity index (χ1) is 9.61. The van der Waals surface area contributed by atoms with Crippen molar-refractivity contribution in [2.45, 2.75) is 17.9 Å². The van der Waals surface area contributed by atoms with E-state index in [0.29, 0.717) is 18.5 Å². The molecule has 1 aromatic heterocycles. The van der Waals surface area contributed by atoms with E-state index in [9.17, 15) is 8.42 Å². The van der Waals surface area contributed by atoms with Gasteiger partial charge in [0.05, 0.1) is 40.8 Å². The van der Waals surface area contributed by atoms with Gasteiger partial charge in [-0.1, -0.05) is 6.07 Å². The van der Waals surface area contributed by atoms with Crippen molar-refractivity contribution in [2.24, 2.45) is 0 Å². The third-order valence-corrected chi connectivity index (χ3v) is 5.18. The predicted molar refractivity (Wildman–Crippen MR) is 71.0 cm³/mol. The molecule has 1 aliphatic rings. The number of nitrogens with zero attached hydrogens (tertiary/aromatic N) is 3. The summed E-state index contributed by atoms with van der Waals surface area (Å²) in [6.45, 7) is 0.686. The predicted octanol–water partition coefficient (Wildman–Crippen LogP) is 1.03. The maximum absolute atomic E-state index is 12.6. The molecule has 6 nitrogen and oxygen atoms in total. The van der Waals surface area contributed by atoms with Crippen LogP contribution < -0.4 is 0 Å². The molecule has 20 heavy (non-hydrogen) atoms. The summed E-state index contributed by atoms with van der Waals surface area (Å²) in [5.74, 6) is 0. The van der Waals surface area contributed by atoms with Gasteiger partial charge in [-0.25, -0.2) is 13.4 Å². The minimum Gasteiger partial charge on any atom is -0.347 e. The molecule has 1 aliphatic heterocycles. The number of aromatic amines is 1. The Hall–Kier alpha value is -2.17. The molecule has 102 valence electrons. The maximum Gasteiger partial charge on any atom is 0.243 e. The third-order valence-electron chi connectivity index (χ3n) is 3.34. The van der Waals surface area contributed by atoms with Gasteiger partial charge in [0.15, 0.2) is 0 Å². The van der Waals surface area contributed by atoms with E-state index in [1.54, 1.807) is 18.5 Å². The van der Waals surface area contributed by atoms with Crippen molar-refractivity contribution in [3.63, 3.8) is 0 Å². The molecule has 0 atom stereocenters. The van der Waals surface area contributed by atoms with Crippen LogP contribution in [0.1, 0.15) is 17.0 Å². The first-order valence-corrected chi connectivity index (χ1v) is 7.57. The number of hydrogen-bond donors (Lipinski definition) is 1. The van der Waals surface area contributed by atoms with Crippen LogP contribution in [-0.2, 0) is 23.0 Å². The largest absolute Gasteiger partial charge is 0.347 e. The van der Waals surface area contributed by atoms with Crippen LogP contribution in [0.4, 0.5) is 0 Å². The fraction of sp³-hybridized carbons (Fsp3) is 0.231. The zero-order valence-electron chi connectivity index (χ0n) is 10.6. The summed E-state index contributed by atoms with van der Waals surface area (Å²) in [7, 11) is -3.58. The van der Waals surface area contributed by atoms with E-state index in [1.807, 2.05) is 6.07 Å². The number of sulfonamides is 1. The van der Waals surface area contributed by atoms with E-state index in [2.05, 4.69) is 9.97 Å². The van der Waals surface area contributed by atoms with Crippen molar-refractivity contribution in [1.29, 1.82) is 5.26 Å². The van der Waals surface area contributed by atoms with Gasteiger partial charge in [-0.05, 0) is 18.2 Å². The summed E-state index contributed by atoms with van der Waals surface area (Å²) in [6, 6.07) is 8.03. The number of nitrogens with one attached hydrogen (secondary N) is 1. The molecule has 0 aliphatic carbocycles. The number of nitriles is 1. The molecule has 1 N–H and O–H groups in total. The van der Waals surface area contributed by atoms with Gasteiger partial charge in [0.1, 0.15) is 0 Å². The molecule has 0 fully saturated rings. The molecule has 0 amide bonds. The monoisotopic (exact) mass is 288 g/mol. The SMILES string of the molecule is N#Cc1cccc(S(=O)(=O)N2CCc3nc[nH]c3C2)c1. The van der Waals surface area contributed by atoms with Crippen molar-refractivity contribution >= 4 is 10.0 Å². The topological polar surface area (TPSA) is 89.8 Å². The Morgan fingerprint density at radius 3 is 3.05 bits per heavy atom. The molecular formula is C13H12N4O2S. The number of benzene rings is 1. The van der Waals surface area contributed by atoms with Crippen LogP contribution in [0.15, 0.2) is 35.5 Å². The number of imidazole rings is 1. The normalized spacial score (nSPS) is 15.6. The Bertz CT molecular complexity index is 789. The van der Waals surface area contributed by atoms with Crippen LogP contribution in [0.3, 0.4) is 0 Å². The second-order valence-corrected chi connectivity index (χ2v) is 6.49. The van der Waals surface area contributed by atoms with E-state index in [0.717, 1.165) is 11.4 Å². The summed E-state index contributed by atoms with van der Waals surface area (Å²) in [5.41, 5.74) is 2.09. The molecular weight excluding hydrogens is 276 g/mol. The Morgan fingerprint density at radius 2 is 2.25 bits per heavy atom. The summed E-state index contributed by atoms with van der Waals surface area (Å²) in [4.78, 5) is 7.27. The summed E-state index contributed by atoms with van der Waals surface area (Å²) >= 11 is 0. The van der Waals surface area contributed by atoms with Crippen molar-refractivity contribution in [3.05, 3.63) is 47.5 Å². The zero-order chi connectivity index (χ0) is 14.2. The van der Waals surface area contributed by atoms with Crippen LogP contribution in [0.5, 0.6) is 0 Å². The van der Waals surface area contributed by atoms with Crippen LogP contribution >= 0.6 is 0 Å². The minimum absolute atomic E-state index is 0.152. The molecule has 1 aromatic carbocycles. The second kappa shape index (κ2) is 4.74. The van der Waals surface area contributed by atoms with E-state index < -0.39 is 10.0 Å². The summed E-state index contributed by atoms with van der Waals surface area (Å²) in [6.07, 6.45) is 2.17. The number of fused-ring (bicyclic) bond motifs is 1. The quantitative estimate of drug-likeness (QED) is 0.893. The average molecular weight is 288 g/mol. The van der Waals surface area contributed by atoms with Crippen molar-refractivity contribution in [3.8, 4) is 6.07 Å². The Morgan fingerprint density at radius 1 is 1.40 bits per heavy atom. The molecule has 3 rings (SSSR count). The molecule has 0 saturated carbocycles. The van der Waals surface area contributed by atoms with Crippen molar-refractivity contribution in [1.82, 2.24) is 14.3 Å². The molecule has 2 heterocycles. The van der Waals surface area contributed by atoms with Gasteiger partial charge in [0, 0.05) is 13.0 Å². The Balaban J connectivity index is 1.95. The van der Waals surface area contributed by atoms with Gasteiger partial charge in [-0.2, -0.15) is 9.57 Å². The number of H-pyrrole nitrogens is 1. The molecule has 0 bridgehead atoms. The van der Waals surface area contributed by atoms with Gasteiger partial charge in [-0.3, -0.25) is 0 Å². The maximum atomic E-state index is 12.6. The van der Waals surface area contributed by atoms with E-state index in [4.69, 9.17) is 5.26 Å². The van der Waals surface area contributed by atoms with Gasteiger partial charge >= 0.3 is 0 Å². The van der Waals surface area contributed by atoms with Crippen LogP contribution in [-0.4, -0.2) is 29.2 Å². The van der Waals surface area contributed by atoms with Crippen LogP contribution in [0.2, 0.25) is 0 Å². The first-order valence-electron chi connectivity index (χ1n) is 6.13. The average Bonchev–Trinajstić information content (AvgIpc) is 2.94. The molecule has 0 radical (unpaired) electrons. The van der Waals surface area contributed by atoms with Gasteiger partial charge < -0.3 is 4.98 Å². The van der Waals surface area contributed by atoms with Gasteiger partial charge in [-0.15, -0.1) is 0 Å². The number of hydrogen-bond acceptors (Lipinski definition) is 4. The Labute approximate surface area is 116 Å². The van der Waals surface area contributed by atoms with Crippen molar-refractivity contribution in [2.75, 3.05) is 6.54 Å². The highest BCUT2D eigenvalue weighted by Crippen LogP contribution is 2.23. The molecule has 0 unspecified atom stereocenters. The van der Waals surface area contributed by atoms with E-state index >= 15 is 0 Å². The van der Waals surface area contributed by atoms with Gasteiger partial charge in [0.2, 0.25) is 10.0 Å². The zero-order valence-corrected chi connectivity index (χ0v) is 11.4. The highest BCUT2D eigenvalue weighted by atomic mass is 32.2. The van der Waals surface area contributed by atoms with Crippen molar-refractivity contribution < 1.29 is 8.42 Å². The highest BCUT2D eigenvalue weighted by Gasteiger charge is 2.29. The highest BCUT2D eigenvalue weighted by molar-refractivity contribution is 7.89. The molecule has 0 saturated heterocycles. The lowest BCUT2D eigenvalue weighted by atomic mass is 10.2. The standard InChI is InChI=1S/C13H12N4O2S/c14-7-10-2-1-3-11(6-10)20(18,19)17-5-4-12-13(8-17)16-9-15-12/h1-3,6,9H,4-5,8H2,(H,15,16). The summed E-state index contributed by atoms with van der Waals surface area (Å²) in [5, 5.41) is 8.87. The Kier molecular flexibility index (Phi) is 3.04. The lowest BCUT2D eigenvalue weighted by Crippen LogP contribution is -2.36. The molecule has 0 spiro atoms. The number of aromatic nitrogens is 2. The molecule has 2 aromatic rings. The molecule has 7 heteroatoms. The third kappa shape index (κ3) is 2.09. The smallest absolute Gasteiger partial charge is 0.243 e. The van der Waals surface area contributed by atoms with E-state index in [-0.39, 0.29) is 11.4 Å². The minimum atomic E-state index is -3.58. The summed E-state index contributed by atoms with van der Waals surface area (Å²) < 4.78 is 26.5. The first kappa shape index (κ1) is 12.8. The fourth-order valence-corrected chi connectivity index (χ4v) is 3.72. The lowest BCUT2D eigenvalue weighted by Gasteiger charge is -2.25. The lowest BCUT2D eigenvalue weighted by molar-refractivity contribution is 0.385. The van der Waals surface area contributed by atoms with E-state index in [1.165, 1.54) is 16.4 Å². The second-order valence-electron chi connectivity index (χ2n) is 4.56. The number of rotatable bonds is 2.